The molecule has 4 aromatic rings. The third kappa shape index (κ3) is 2.77. The molecule has 0 bridgehead atoms. The third-order valence-electron chi connectivity index (χ3n) is 4.92. The molecule has 134 valence electrons. The van der Waals surface area contributed by atoms with E-state index in [-0.39, 0.29) is 12.8 Å². The number of aryl methyl sites for hydroxylation is 1. The summed E-state index contributed by atoms with van der Waals surface area (Å²) in [7, 11) is 0. The number of benzene rings is 2. The van der Waals surface area contributed by atoms with Crippen LogP contribution in [-0.2, 0) is 0 Å². The predicted octanol–water partition coefficient (Wildman–Crippen LogP) is 4.80. The van der Waals surface area contributed by atoms with Gasteiger partial charge in [0.05, 0.1) is 6.04 Å². The van der Waals surface area contributed by atoms with Crippen LogP contribution in [0.15, 0.2) is 66.9 Å². The molecule has 2 aromatic carbocycles. The molecule has 1 aliphatic rings. The minimum atomic E-state index is -0.0782. The second-order valence-electron chi connectivity index (χ2n) is 6.61. The van der Waals surface area contributed by atoms with Crippen molar-refractivity contribution >= 4 is 16.7 Å². The first-order chi connectivity index (χ1) is 13.3. The molecule has 5 rings (SSSR count). The van der Waals surface area contributed by atoms with E-state index in [1.807, 2.05) is 36.4 Å². The van der Waals surface area contributed by atoms with Crippen LogP contribution in [0.4, 0.5) is 5.82 Å². The summed E-state index contributed by atoms with van der Waals surface area (Å²) in [5, 5.41) is 4.79. The van der Waals surface area contributed by atoms with Gasteiger partial charge in [-0.2, -0.15) is 0 Å². The average molecular weight is 357 g/mol. The molecule has 0 spiro atoms. The summed E-state index contributed by atoms with van der Waals surface area (Å²) in [6.07, 6.45) is 1.79. The normalized spacial score (nSPS) is 13.7. The standard InChI is InChI=1S/C22H19N3O2/c1-14-21(16-6-2-3-7-17(16)24-14)22(25-20-8-4-5-11-23-20)15-9-10-18-19(12-15)27-13-26-18/h2-12,22,24H,13H2,1H3,(H,23,25)/t22-/m1/s1. The number of H-pyrrole nitrogens is 1. The zero-order valence-electron chi connectivity index (χ0n) is 14.9. The Morgan fingerprint density at radius 1 is 1.00 bits per heavy atom. The number of nitrogens with zero attached hydrogens (tertiary/aromatic N) is 1. The van der Waals surface area contributed by atoms with Crippen LogP contribution in [0.25, 0.3) is 10.9 Å². The van der Waals surface area contributed by atoms with Crippen LogP contribution in [0.3, 0.4) is 0 Å². The molecule has 0 unspecified atom stereocenters. The quantitative estimate of drug-likeness (QED) is 0.551. The molecule has 1 aliphatic heterocycles. The van der Waals surface area contributed by atoms with E-state index in [9.17, 15) is 0 Å². The van der Waals surface area contributed by atoms with Gasteiger partial charge >= 0.3 is 0 Å². The molecule has 27 heavy (non-hydrogen) atoms. The van der Waals surface area contributed by atoms with E-state index in [0.717, 1.165) is 34.1 Å². The van der Waals surface area contributed by atoms with Crippen molar-refractivity contribution in [3.05, 3.63) is 83.7 Å². The van der Waals surface area contributed by atoms with Gasteiger partial charge < -0.3 is 19.8 Å². The molecule has 2 aromatic heterocycles. The Labute approximate surface area is 157 Å². The van der Waals surface area contributed by atoms with Gasteiger partial charge in [0.25, 0.3) is 0 Å². The van der Waals surface area contributed by atoms with Crippen molar-refractivity contribution in [2.75, 3.05) is 12.1 Å². The van der Waals surface area contributed by atoms with Gasteiger partial charge in [0, 0.05) is 28.4 Å². The van der Waals surface area contributed by atoms with Crippen molar-refractivity contribution in [3.63, 3.8) is 0 Å². The Balaban J connectivity index is 1.67. The van der Waals surface area contributed by atoms with Gasteiger partial charge in [0.15, 0.2) is 11.5 Å². The molecule has 0 radical (unpaired) electrons. The second kappa shape index (κ2) is 6.36. The van der Waals surface area contributed by atoms with Crippen molar-refractivity contribution in [2.24, 2.45) is 0 Å². The highest BCUT2D eigenvalue weighted by Gasteiger charge is 2.24. The summed E-state index contributed by atoms with van der Waals surface area (Å²) in [5.74, 6) is 2.38. The van der Waals surface area contributed by atoms with Gasteiger partial charge in [-0.15, -0.1) is 0 Å². The van der Waals surface area contributed by atoms with E-state index in [1.54, 1.807) is 6.20 Å². The number of fused-ring (bicyclic) bond motifs is 2. The lowest BCUT2D eigenvalue weighted by Crippen LogP contribution is -2.14. The number of nitrogens with one attached hydrogen (secondary N) is 2. The van der Waals surface area contributed by atoms with E-state index in [4.69, 9.17) is 9.47 Å². The highest BCUT2D eigenvalue weighted by molar-refractivity contribution is 5.86. The van der Waals surface area contributed by atoms with Crippen molar-refractivity contribution in [2.45, 2.75) is 13.0 Å². The molecule has 0 aliphatic carbocycles. The van der Waals surface area contributed by atoms with Gasteiger partial charge in [-0.1, -0.05) is 30.3 Å². The van der Waals surface area contributed by atoms with Gasteiger partial charge in [0.1, 0.15) is 5.82 Å². The maximum absolute atomic E-state index is 5.60. The van der Waals surface area contributed by atoms with Crippen LogP contribution in [0.5, 0.6) is 11.5 Å². The van der Waals surface area contributed by atoms with Crippen LogP contribution < -0.4 is 14.8 Å². The Kier molecular flexibility index (Phi) is 3.71. The van der Waals surface area contributed by atoms with E-state index in [1.165, 1.54) is 10.9 Å². The summed E-state index contributed by atoms with van der Waals surface area (Å²) in [4.78, 5) is 7.96. The number of para-hydroxylation sites is 1. The minimum absolute atomic E-state index is 0.0782. The number of anilines is 1. The maximum atomic E-state index is 5.60. The number of hydrogen-bond acceptors (Lipinski definition) is 4. The first kappa shape index (κ1) is 15.8. The molecule has 5 nitrogen and oxygen atoms in total. The molecule has 2 N–H and O–H groups in total. The highest BCUT2D eigenvalue weighted by Crippen LogP contribution is 2.39. The largest absolute Gasteiger partial charge is 0.454 e. The summed E-state index contributed by atoms with van der Waals surface area (Å²) < 4.78 is 11.1. The van der Waals surface area contributed by atoms with E-state index >= 15 is 0 Å². The van der Waals surface area contributed by atoms with Crippen molar-refractivity contribution in [1.29, 1.82) is 0 Å². The van der Waals surface area contributed by atoms with Crippen LogP contribution in [0, 0.1) is 6.92 Å². The minimum Gasteiger partial charge on any atom is -0.454 e. The van der Waals surface area contributed by atoms with Crippen LogP contribution in [0.1, 0.15) is 22.9 Å². The first-order valence-corrected chi connectivity index (χ1v) is 8.94. The molecule has 3 heterocycles. The molecule has 0 saturated carbocycles. The number of ether oxygens (including phenoxy) is 2. The third-order valence-corrected chi connectivity index (χ3v) is 4.92. The zero-order chi connectivity index (χ0) is 18.2. The van der Waals surface area contributed by atoms with Crippen LogP contribution in [-0.4, -0.2) is 16.8 Å². The van der Waals surface area contributed by atoms with Gasteiger partial charge in [-0.05, 0) is 42.8 Å². The number of aromatic amines is 1. The topological polar surface area (TPSA) is 59.2 Å². The van der Waals surface area contributed by atoms with E-state index in [2.05, 4.69) is 46.5 Å². The fourth-order valence-corrected chi connectivity index (χ4v) is 3.68. The summed E-state index contributed by atoms with van der Waals surface area (Å²) in [5.41, 5.74) is 4.55. The lowest BCUT2D eigenvalue weighted by atomic mass is 9.95. The molecule has 1 atom stereocenters. The lowest BCUT2D eigenvalue weighted by molar-refractivity contribution is 0.174. The monoisotopic (exact) mass is 357 g/mol. The molecule has 0 amide bonds. The fraction of sp³-hybridized carbons (Fsp3) is 0.136. The second-order valence-corrected chi connectivity index (χ2v) is 6.61. The summed E-state index contributed by atoms with van der Waals surface area (Å²) in [6.45, 7) is 2.37. The SMILES string of the molecule is Cc1[nH]c2ccccc2c1[C@H](Nc1ccccn1)c1ccc2c(c1)OCO2. The number of hydrogen-bond donors (Lipinski definition) is 2. The van der Waals surface area contributed by atoms with Crippen molar-refractivity contribution in [3.8, 4) is 11.5 Å². The van der Waals surface area contributed by atoms with Gasteiger partial charge in [0.2, 0.25) is 6.79 Å². The zero-order valence-corrected chi connectivity index (χ0v) is 14.9. The van der Waals surface area contributed by atoms with Gasteiger partial charge in [-0.25, -0.2) is 4.98 Å². The Bertz CT molecular complexity index is 1110. The Morgan fingerprint density at radius 2 is 1.85 bits per heavy atom. The van der Waals surface area contributed by atoms with E-state index in [0.29, 0.717) is 0 Å². The van der Waals surface area contributed by atoms with Crippen LogP contribution in [0.2, 0.25) is 0 Å². The van der Waals surface area contributed by atoms with Crippen LogP contribution >= 0.6 is 0 Å². The van der Waals surface area contributed by atoms with Crippen molar-refractivity contribution in [1.82, 2.24) is 9.97 Å². The maximum Gasteiger partial charge on any atom is 0.231 e. The fourth-order valence-electron chi connectivity index (χ4n) is 3.68. The van der Waals surface area contributed by atoms with E-state index < -0.39 is 0 Å². The summed E-state index contributed by atoms with van der Waals surface area (Å²) >= 11 is 0. The predicted molar refractivity (Wildman–Crippen MR) is 105 cm³/mol. The summed E-state index contributed by atoms with van der Waals surface area (Å²) in [6, 6.07) is 20.2. The molecule has 0 fully saturated rings. The molecule has 5 heteroatoms. The molecular weight excluding hydrogens is 338 g/mol. The number of aromatic nitrogens is 2. The first-order valence-electron chi connectivity index (χ1n) is 8.94. The van der Waals surface area contributed by atoms with Crippen molar-refractivity contribution < 1.29 is 9.47 Å². The smallest absolute Gasteiger partial charge is 0.231 e. The number of pyridine rings is 1. The lowest BCUT2D eigenvalue weighted by Gasteiger charge is -2.21. The average Bonchev–Trinajstić information content (AvgIpc) is 3.30. The highest BCUT2D eigenvalue weighted by atomic mass is 16.7. The van der Waals surface area contributed by atoms with Gasteiger partial charge in [-0.3, -0.25) is 0 Å². The Hall–Kier alpha value is -3.47. The molecule has 0 saturated heterocycles. The molecular formula is C22H19N3O2. The number of rotatable bonds is 4. The Morgan fingerprint density at radius 3 is 2.74 bits per heavy atom.